The molecule has 16 heavy (non-hydrogen) atoms. The summed E-state index contributed by atoms with van der Waals surface area (Å²) in [5.41, 5.74) is 6.04. The van der Waals surface area contributed by atoms with Crippen molar-refractivity contribution >= 4 is 11.8 Å². The molecule has 0 aliphatic rings. The van der Waals surface area contributed by atoms with E-state index in [9.17, 15) is 4.79 Å². The summed E-state index contributed by atoms with van der Waals surface area (Å²) in [7, 11) is 0. The van der Waals surface area contributed by atoms with Crippen LogP contribution in [0.4, 0.5) is 5.82 Å². The van der Waals surface area contributed by atoms with Crippen LogP contribution in [0.2, 0.25) is 0 Å². The van der Waals surface area contributed by atoms with Gasteiger partial charge in [-0.05, 0) is 13.0 Å². The highest BCUT2D eigenvalue weighted by Crippen LogP contribution is 2.17. The molecule has 0 aliphatic heterocycles. The number of hydrogen-bond acceptors (Lipinski definition) is 5. The molecular formula is C9H9N5O2. The topological polar surface area (TPSA) is 107 Å². The molecule has 3 N–H and O–H groups in total. The van der Waals surface area contributed by atoms with Crippen LogP contribution in [-0.4, -0.2) is 30.8 Å². The van der Waals surface area contributed by atoms with Crippen LogP contribution in [0.15, 0.2) is 18.5 Å². The Morgan fingerprint density at radius 1 is 1.44 bits per heavy atom. The molecule has 2 heterocycles. The van der Waals surface area contributed by atoms with E-state index in [4.69, 9.17) is 10.8 Å². The van der Waals surface area contributed by atoms with Crippen LogP contribution >= 0.6 is 0 Å². The summed E-state index contributed by atoms with van der Waals surface area (Å²) in [6.45, 7) is 1.59. The Labute approximate surface area is 90.6 Å². The van der Waals surface area contributed by atoms with Crippen LogP contribution in [0, 0.1) is 6.92 Å². The number of aromatic carboxylic acids is 1. The van der Waals surface area contributed by atoms with Crippen molar-refractivity contribution in [1.82, 2.24) is 19.7 Å². The third-order valence-electron chi connectivity index (χ3n) is 2.11. The molecule has 2 aromatic rings. The fourth-order valence-corrected chi connectivity index (χ4v) is 1.27. The zero-order valence-corrected chi connectivity index (χ0v) is 8.45. The van der Waals surface area contributed by atoms with E-state index >= 15 is 0 Å². The minimum absolute atomic E-state index is 0.0926. The van der Waals surface area contributed by atoms with Crippen molar-refractivity contribution in [1.29, 1.82) is 0 Å². The lowest BCUT2D eigenvalue weighted by molar-refractivity contribution is 0.0689. The molecule has 0 atom stereocenters. The Balaban J connectivity index is 2.60. The lowest BCUT2D eigenvalue weighted by Crippen LogP contribution is -2.06. The van der Waals surface area contributed by atoms with Gasteiger partial charge in [0, 0.05) is 18.0 Å². The number of carbonyl (C=O) groups is 1. The van der Waals surface area contributed by atoms with Gasteiger partial charge >= 0.3 is 5.97 Å². The monoisotopic (exact) mass is 219 g/mol. The summed E-state index contributed by atoms with van der Waals surface area (Å²) in [4.78, 5) is 18.7. The highest BCUT2D eigenvalue weighted by atomic mass is 16.4. The largest absolute Gasteiger partial charge is 0.476 e. The molecule has 7 nitrogen and oxygen atoms in total. The maximum atomic E-state index is 10.8. The standard InChI is InChI=1S/C9H9N5O2/c1-5-6(8(15)16)13-14(7(5)10)9-11-3-2-4-12-9/h2-4H,10H2,1H3,(H,15,16). The Morgan fingerprint density at radius 3 is 2.56 bits per heavy atom. The molecule has 0 radical (unpaired) electrons. The summed E-state index contributed by atoms with van der Waals surface area (Å²) < 4.78 is 1.21. The second-order valence-corrected chi connectivity index (χ2v) is 3.12. The second-order valence-electron chi connectivity index (χ2n) is 3.12. The van der Waals surface area contributed by atoms with Gasteiger partial charge in [0.1, 0.15) is 5.82 Å². The average Bonchev–Trinajstić information content (AvgIpc) is 2.58. The van der Waals surface area contributed by atoms with Gasteiger partial charge in [0.15, 0.2) is 5.69 Å². The Hall–Kier alpha value is -2.44. The van der Waals surface area contributed by atoms with Crippen LogP contribution in [0.3, 0.4) is 0 Å². The van der Waals surface area contributed by atoms with E-state index in [2.05, 4.69) is 15.1 Å². The van der Waals surface area contributed by atoms with Crippen LogP contribution in [0.1, 0.15) is 16.1 Å². The third kappa shape index (κ3) is 1.48. The van der Waals surface area contributed by atoms with Crippen molar-refractivity contribution in [3.05, 3.63) is 29.7 Å². The van der Waals surface area contributed by atoms with E-state index in [-0.39, 0.29) is 17.5 Å². The number of carboxylic acid groups (broad SMARTS) is 1. The molecule has 7 heteroatoms. The van der Waals surface area contributed by atoms with Crippen LogP contribution in [-0.2, 0) is 0 Å². The van der Waals surface area contributed by atoms with E-state index in [0.29, 0.717) is 5.56 Å². The normalized spacial score (nSPS) is 10.3. The Bertz CT molecular complexity index is 534. The van der Waals surface area contributed by atoms with E-state index in [0.717, 1.165) is 0 Å². The number of rotatable bonds is 2. The quantitative estimate of drug-likeness (QED) is 0.749. The predicted molar refractivity (Wildman–Crippen MR) is 55.3 cm³/mol. The molecule has 0 saturated heterocycles. The molecule has 2 aromatic heterocycles. The first-order valence-corrected chi connectivity index (χ1v) is 4.47. The lowest BCUT2D eigenvalue weighted by Gasteiger charge is -1.99. The molecule has 0 fully saturated rings. The lowest BCUT2D eigenvalue weighted by atomic mass is 10.2. The van der Waals surface area contributed by atoms with Gasteiger partial charge in [-0.15, -0.1) is 0 Å². The minimum atomic E-state index is -1.13. The van der Waals surface area contributed by atoms with Crippen LogP contribution in [0.25, 0.3) is 5.95 Å². The first-order chi connectivity index (χ1) is 7.61. The summed E-state index contributed by atoms with van der Waals surface area (Å²) in [5.74, 6) is -0.655. The molecule has 0 amide bonds. The summed E-state index contributed by atoms with van der Waals surface area (Å²) in [6, 6.07) is 1.65. The first kappa shape index (κ1) is 10.1. The van der Waals surface area contributed by atoms with Gasteiger partial charge in [-0.1, -0.05) is 0 Å². The smallest absolute Gasteiger partial charge is 0.356 e. The highest BCUT2D eigenvalue weighted by molar-refractivity contribution is 5.88. The third-order valence-corrected chi connectivity index (χ3v) is 2.11. The molecule has 0 saturated carbocycles. The van der Waals surface area contributed by atoms with Crippen molar-refractivity contribution in [3.8, 4) is 5.95 Å². The molecule has 0 spiro atoms. The van der Waals surface area contributed by atoms with Crippen molar-refractivity contribution < 1.29 is 9.90 Å². The van der Waals surface area contributed by atoms with Gasteiger partial charge in [0.2, 0.25) is 0 Å². The number of nitrogens with two attached hydrogens (primary N) is 1. The summed E-state index contributed by atoms with van der Waals surface area (Å²) in [6.07, 6.45) is 3.05. The fourth-order valence-electron chi connectivity index (χ4n) is 1.27. The number of aromatic nitrogens is 4. The van der Waals surface area contributed by atoms with Crippen molar-refractivity contribution in [2.75, 3.05) is 5.73 Å². The zero-order chi connectivity index (χ0) is 11.7. The van der Waals surface area contributed by atoms with Gasteiger partial charge in [-0.2, -0.15) is 9.78 Å². The number of hydrogen-bond donors (Lipinski definition) is 2. The zero-order valence-electron chi connectivity index (χ0n) is 8.45. The van der Waals surface area contributed by atoms with E-state index in [1.165, 1.54) is 17.1 Å². The molecule has 82 valence electrons. The maximum Gasteiger partial charge on any atom is 0.356 e. The summed E-state index contributed by atoms with van der Waals surface area (Å²) in [5, 5.41) is 12.7. The predicted octanol–water partition coefficient (Wildman–Crippen LogP) is 0.251. The molecule has 2 rings (SSSR count). The van der Waals surface area contributed by atoms with E-state index < -0.39 is 5.97 Å². The molecule has 0 aromatic carbocycles. The number of anilines is 1. The number of nitrogens with zero attached hydrogens (tertiary/aromatic N) is 4. The van der Waals surface area contributed by atoms with Crippen molar-refractivity contribution in [3.63, 3.8) is 0 Å². The summed E-state index contributed by atoms with van der Waals surface area (Å²) >= 11 is 0. The molecule has 0 bridgehead atoms. The first-order valence-electron chi connectivity index (χ1n) is 4.47. The Kier molecular flexibility index (Phi) is 2.28. The molecule has 0 unspecified atom stereocenters. The SMILES string of the molecule is Cc1c(C(=O)O)nn(-c2ncccn2)c1N. The van der Waals surface area contributed by atoms with Crippen molar-refractivity contribution in [2.24, 2.45) is 0 Å². The van der Waals surface area contributed by atoms with E-state index in [1.807, 2.05) is 0 Å². The number of carboxylic acids is 1. The minimum Gasteiger partial charge on any atom is -0.476 e. The molecule has 0 aliphatic carbocycles. The average molecular weight is 219 g/mol. The van der Waals surface area contributed by atoms with E-state index in [1.54, 1.807) is 13.0 Å². The number of nitrogen functional groups attached to an aromatic ring is 1. The Morgan fingerprint density at radius 2 is 2.06 bits per heavy atom. The second kappa shape index (κ2) is 3.61. The molecular weight excluding hydrogens is 210 g/mol. The van der Waals surface area contributed by atoms with Crippen molar-refractivity contribution in [2.45, 2.75) is 6.92 Å². The maximum absolute atomic E-state index is 10.8. The van der Waals surface area contributed by atoms with Crippen LogP contribution < -0.4 is 5.73 Å². The fraction of sp³-hybridized carbons (Fsp3) is 0.111. The van der Waals surface area contributed by atoms with Gasteiger partial charge in [-0.3, -0.25) is 0 Å². The van der Waals surface area contributed by atoms with Gasteiger partial charge in [0.25, 0.3) is 5.95 Å². The van der Waals surface area contributed by atoms with Crippen LogP contribution in [0.5, 0.6) is 0 Å². The van der Waals surface area contributed by atoms with Gasteiger partial charge < -0.3 is 10.8 Å². The van der Waals surface area contributed by atoms with Gasteiger partial charge in [0.05, 0.1) is 0 Å². The van der Waals surface area contributed by atoms with Gasteiger partial charge in [-0.25, -0.2) is 14.8 Å². The highest BCUT2D eigenvalue weighted by Gasteiger charge is 2.19.